The van der Waals surface area contributed by atoms with Gasteiger partial charge in [-0.1, -0.05) is 30.3 Å². The van der Waals surface area contributed by atoms with Gasteiger partial charge in [0.2, 0.25) is 0 Å². The van der Waals surface area contributed by atoms with Crippen LogP contribution in [0.2, 0.25) is 0 Å². The number of carbonyl (C=O) groups is 1. The minimum absolute atomic E-state index is 0.0532. The Morgan fingerprint density at radius 3 is 2.62 bits per heavy atom. The van der Waals surface area contributed by atoms with Crippen LogP contribution in [-0.4, -0.2) is 22.3 Å². The summed E-state index contributed by atoms with van der Waals surface area (Å²) >= 11 is 2.56. The van der Waals surface area contributed by atoms with E-state index in [4.69, 9.17) is 0 Å². The Kier molecular flexibility index (Phi) is 4.44. The predicted molar refractivity (Wildman–Crippen MR) is 60.8 cm³/mol. The second-order valence-electron chi connectivity index (χ2n) is 3.16. The number of aliphatic hydroxyl groups is 1. The maximum atomic E-state index is 13.9. The van der Waals surface area contributed by atoms with Crippen LogP contribution < -0.4 is 0 Å². The molecular weight excluding hydrogens is 279 g/mol. The first kappa shape index (κ1) is 13.1. The number of carbonyl (C=O) groups excluding carboxylic acids is 1. The van der Waals surface area contributed by atoms with Crippen molar-refractivity contribution in [3.8, 4) is 0 Å². The number of benzene rings is 1. The molecule has 2 atom stereocenters. The molecule has 88 valence electrons. The summed E-state index contributed by atoms with van der Waals surface area (Å²) in [6, 6.07) is 8.08. The molecule has 1 rings (SSSR count). The lowest BCUT2D eigenvalue weighted by atomic mass is 10.1. The topological polar surface area (TPSA) is 46.5 Å². The van der Waals surface area contributed by atoms with E-state index in [1.807, 2.05) is 0 Å². The Balaban J connectivity index is 2.87. The van der Waals surface area contributed by atoms with E-state index in [0.717, 1.165) is 0 Å². The Hall–Kier alpha value is -0.940. The summed E-state index contributed by atoms with van der Waals surface area (Å²) in [5, 5.41) is 9.72. The van der Waals surface area contributed by atoms with E-state index in [0.29, 0.717) is 5.56 Å². The molecule has 0 heterocycles. The molecule has 0 saturated heterocycles. The quantitative estimate of drug-likeness (QED) is 0.684. The summed E-state index contributed by atoms with van der Waals surface area (Å²) in [5.41, 5.74) is 0.301. The first-order valence-corrected chi connectivity index (χ1v) is 5.57. The average Bonchev–Trinajstić information content (AvgIpc) is 2.29. The third-order valence-corrected chi connectivity index (χ3v) is 2.76. The van der Waals surface area contributed by atoms with Crippen LogP contribution in [0, 0.1) is 0 Å². The molecule has 0 aliphatic heterocycles. The molecule has 0 radical (unpaired) electrons. The molecule has 1 aromatic carbocycles. The van der Waals surface area contributed by atoms with Gasteiger partial charge in [-0.3, -0.25) is 0 Å². The predicted octanol–water partition coefficient (Wildman–Crippen LogP) is 2.34. The number of hydrogen-bond donors (Lipinski definition) is 1. The van der Waals surface area contributed by atoms with Gasteiger partial charge in [-0.2, -0.15) is 0 Å². The molecule has 16 heavy (non-hydrogen) atoms. The minimum atomic E-state index is -2.62. The third kappa shape index (κ3) is 2.80. The smallest absolute Gasteiger partial charge is 0.358 e. The van der Waals surface area contributed by atoms with Gasteiger partial charge in [0.15, 0.2) is 0 Å². The van der Waals surface area contributed by atoms with E-state index >= 15 is 0 Å². The van der Waals surface area contributed by atoms with E-state index in [-0.39, 0.29) is 6.61 Å². The fraction of sp³-hybridized carbons (Fsp3) is 0.364. The monoisotopic (exact) mass is 290 g/mol. The molecule has 0 amide bonds. The van der Waals surface area contributed by atoms with E-state index < -0.39 is 16.7 Å². The first-order valence-electron chi connectivity index (χ1n) is 4.78. The summed E-state index contributed by atoms with van der Waals surface area (Å²) in [5.74, 6) is -1.13. The van der Waals surface area contributed by atoms with Gasteiger partial charge in [-0.05, 0) is 28.4 Å². The Morgan fingerprint density at radius 2 is 2.12 bits per heavy atom. The zero-order valence-electron chi connectivity index (χ0n) is 8.69. The lowest BCUT2D eigenvalue weighted by Gasteiger charge is -2.22. The van der Waals surface area contributed by atoms with Crippen LogP contribution in [0.1, 0.15) is 18.6 Å². The fourth-order valence-electron chi connectivity index (χ4n) is 1.18. The van der Waals surface area contributed by atoms with Crippen molar-refractivity contribution in [3.63, 3.8) is 0 Å². The normalized spacial score (nSPS) is 16.2. The molecular formula is C11H12BrFO3. The van der Waals surface area contributed by atoms with Crippen molar-refractivity contribution in [1.29, 1.82) is 0 Å². The van der Waals surface area contributed by atoms with Crippen LogP contribution >= 0.6 is 15.9 Å². The second-order valence-corrected chi connectivity index (χ2v) is 4.31. The van der Waals surface area contributed by atoms with Gasteiger partial charge in [-0.15, -0.1) is 0 Å². The number of esters is 1. The number of ether oxygens (including phenoxy) is 1. The van der Waals surface area contributed by atoms with Crippen LogP contribution in [0.3, 0.4) is 0 Å². The summed E-state index contributed by atoms with van der Waals surface area (Å²) in [6.45, 7) is 1.62. The summed E-state index contributed by atoms with van der Waals surface area (Å²) < 4.78 is 15.9. The van der Waals surface area contributed by atoms with Gasteiger partial charge in [0.25, 0.3) is 4.58 Å². The minimum Gasteiger partial charge on any atom is -0.463 e. The number of aliphatic hydroxyl groups excluding tert-OH is 1. The summed E-state index contributed by atoms with van der Waals surface area (Å²) in [6.07, 6.45) is -1.60. The van der Waals surface area contributed by atoms with Crippen molar-refractivity contribution < 1.29 is 19.0 Å². The van der Waals surface area contributed by atoms with E-state index in [2.05, 4.69) is 20.7 Å². The number of rotatable bonds is 4. The molecule has 5 heteroatoms. The SMILES string of the molecule is CCOC(=O)[C@@](F)(Br)[C@@H](O)c1ccccc1. The molecule has 1 N–H and O–H groups in total. The Bertz CT molecular complexity index is 354. The highest BCUT2D eigenvalue weighted by Crippen LogP contribution is 2.36. The van der Waals surface area contributed by atoms with Crippen molar-refractivity contribution in [2.45, 2.75) is 17.6 Å². The Labute approximate surface area is 101 Å². The molecule has 0 saturated carbocycles. The van der Waals surface area contributed by atoms with Crippen molar-refractivity contribution in [1.82, 2.24) is 0 Å². The van der Waals surface area contributed by atoms with Crippen LogP contribution in [0.5, 0.6) is 0 Å². The summed E-state index contributed by atoms with van der Waals surface area (Å²) in [4.78, 5) is 11.3. The second kappa shape index (κ2) is 5.41. The largest absolute Gasteiger partial charge is 0.463 e. The fourth-order valence-corrected chi connectivity index (χ4v) is 1.56. The molecule has 1 aromatic rings. The van der Waals surface area contributed by atoms with Gasteiger partial charge in [-0.25, -0.2) is 9.18 Å². The molecule has 0 fully saturated rings. The molecule has 0 unspecified atom stereocenters. The van der Waals surface area contributed by atoms with Gasteiger partial charge < -0.3 is 9.84 Å². The van der Waals surface area contributed by atoms with Gasteiger partial charge in [0.05, 0.1) is 6.61 Å². The van der Waals surface area contributed by atoms with Gasteiger partial charge >= 0.3 is 5.97 Å². The van der Waals surface area contributed by atoms with E-state index in [1.54, 1.807) is 25.1 Å². The summed E-state index contributed by atoms with van der Waals surface area (Å²) in [7, 11) is 0. The van der Waals surface area contributed by atoms with Crippen LogP contribution in [-0.2, 0) is 9.53 Å². The van der Waals surface area contributed by atoms with Gasteiger partial charge in [0.1, 0.15) is 6.10 Å². The van der Waals surface area contributed by atoms with E-state index in [9.17, 15) is 14.3 Å². The molecule has 0 aliphatic carbocycles. The van der Waals surface area contributed by atoms with Crippen molar-refractivity contribution in [2.24, 2.45) is 0 Å². The van der Waals surface area contributed by atoms with Crippen molar-refractivity contribution >= 4 is 21.9 Å². The zero-order valence-corrected chi connectivity index (χ0v) is 10.3. The zero-order chi connectivity index (χ0) is 12.2. The number of halogens is 2. The highest BCUT2D eigenvalue weighted by molar-refractivity contribution is 9.10. The molecule has 0 aromatic heterocycles. The van der Waals surface area contributed by atoms with E-state index in [1.165, 1.54) is 12.1 Å². The molecule has 3 nitrogen and oxygen atoms in total. The highest BCUT2D eigenvalue weighted by Gasteiger charge is 2.45. The van der Waals surface area contributed by atoms with Gasteiger partial charge in [0, 0.05) is 0 Å². The van der Waals surface area contributed by atoms with Crippen LogP contribution in [0.4, 0.5) is 4.39 Å². The number of alkyl halides is 2. The van der Waals surface area contributed by atoms with Crippen LogP contribution in [0.15, 0.2) is 30.3 Å². The molecule has 0 bridgehead atoms. The highest BCUT2D eigenvalue weighted by atomic mass is 79.9. The maximum absolute atomic E-state index is 13.9. The lowest BCUT2D eigenvalue weighted by Crippen LogP contribution is -2.35. The third-order valence-electron chi connectivity index (χ3n) is 2.01. The standard InChI is InChI=1S/C11H12BrFO3/c1-2-16-10(15)11(12,13)9(14)8-6-4-3-5-7-8/h3-7,9,14H,2H2,1H3/t9-,11+/m0/s1. The molecule has 0 spiro atoms. The molecule has 0 aliphatic rings. The van der Waals surface area contributed by atoms with Crippen molar-refractivity contribution in [2.75, 3.05) is 6.61 Å². The number of hydrogen-bond acceptors (Lipinski definition) is 3. The van der Waals surface area contributed by atoms with Crippen LogP contribution in [0.25, 0.3) is 0 Å². The first-order chi connectivity index (χ1) is 7.50. The average molecular weight is 291 g/mol. The lowest BCUT2D eigenvalue weighted by molar-refractivity contribution is -0.156. The Morgan fingerprint density at radius 1 is 1.56 bits per heavy atom. The van der Waals surface area contributed by atoms with Crippen molar-refractivity contribution in [3.05, 3.63) is 35.9 Å². The maximum Gasteiger partial charge on any atom is 0.358 e.